The number of fused-ring (bicyclic) bond motifs is 4. The van der Waals surface area contributed by atoms with Crippen molar-refractivity contribution in [3.05, 3.63) is 68.1 Å². The number of ether oxygens (including phenoxy) is 2. The summed E-state index contributed by atoms with van der Waals surface area (Å²) in [6.07, 6.45) is 4.48. The maximum absolute atomic E-state index is 13.9. The first kappa shape index (κ1) is 34.1. The van der Waals surface area contributed by atoms with Gasteiger partial charge < -0.3 is 23.7 Å². The summed E-state index contributed by atoms with van der Waals surface area (Å²) >= 11 is 0. The van der Waals surface area contributed by atoms with Crippen molar-refractivity contribution in [2.24, 2.45) is 0 Å². The minimum Gasteiger partial charge on any atom is -0.490 e. The first-order valence-corrected chi connectivity index (χ1v) is 19.6. The number of nitrogens with zero attached hydrogens (tertiary/aromatic N) is 4. The van der Waals surface area contributed by atoms with Crippen LogP contribution in [0.15, 0.2) is 33.5 Å². The molecule has 5 aliphatic rings. The highest BCUT2D eigenvalue weighted by molar-refractivity contribution is 7.87. The number of carbonyl (C=O) groups is 2. The third-order valence-corrected chi connectivity index (χ3v) is 12.8. The van der Waals surface area contributed by atoms with E-state index in [4.69, 9.17) is 13.9 Å². The summed E-state index contributed by atoms with van der Waals surface area (Å²) in [5.74, 6) is -0.947. The number of rotatable bonds is 7. The number of carbonyl (C=O) groups excluding carboxylic acids is 2. The van der Waals surface area contributed by atoms with Crippen molar-refractivity contribution in [1.82, 2.24) is 18.8 Å². The summed E-state index contributed by atoms with van der Waals surface area (Å²) < 4.78 is 47.1. The fourth-order valence-electron chi connectivity index (χ4n) is 8.18. The smallest absolute Gasteiger partial charge is 0.341 e. The van der Waals surface area contributed by atoms with Crippen LogP contribution in [-0.2, 0) is 27.9 Å². The van der Waals surface area contributed by atoms with Crippen molar-refractivity contribution in [1.29, 1.82) is 0 Å². The SMILES string of the molecule is Cc1c(N2CCN3CCOC[C@H]3C2)cc(C)c2c3c(c(=O)oc12)CN(C(=O)c1ccc(C(=O)NS(=O)(=O)N2CCCC2)c(OC2CCC2)c1)CC3. The molecule has 1 saturated carbocycles. The minimum absolute atomic E-state index is 0.0523. The van der Waals surface area contributed by atoms with E-state index in [9.17, 15) is 22.8 Å². The Morgan fingerprint density at radius 1 is 0.961 bits per heavy atom. The molecule has 1 N–H and O–H groups in total. The predicted molar refractivity (Wildman–Crippen MR) is 191 cm³/mol. The lowest BCUT2D eigenvalue weighted by molar-refractivity contribution is -0.0117. The molecule has 0 bridgehead atoms. The molecule has 0 spiro atoms. The number of anilines is 1. The number of hydrogen-bond donors (Lipinski definition) is 1. The number of piperazine rings is 1. The molecule has 5 heterocycles. The molecule has 4 fully saturated rings. The van der Waals surface area contributed by atoms with Gasteiger partial charge in [0.05, 0.1) is 43.0 Å². The lowest BCUT2D eigenvalue weighted by Gasteiger charge is -2.45. The van der Waals surface area contributed by atoms with Gasteiger partial charge in [-0.3, -0.25) is 14.5 Å². The molecule has 0 radical (unpaired) electrons. The predicted octanol–water partition coefficient (Wildman–Crippen LogP) is 3.13. The first-order valence-electron chi connectivity index (χ1n) is 18.1. The van der Waals surface area contributed by atoms with Crippen molar-refractivity contribution in [2.45, 2.75) is 71.1 Å². The molecule has 8 rings (SSSR count). The van der Waals surface area contributed by atoms with Gasteiger partial charge in [-0.15, -0.1) is 0 Å². The summed E-state index contributed by atoms with van der Waals surface area (Å²) in [6.45, 7) is 10.5. The van der Waals surface area contributed by atoms with Gasteiger partial charge in [0.15, 0.2) is 0 Å². The zero-order valence-corrected chi connectivity index (χ0v) is 30.1. The summed E-state index contributed by atoms with van der Waals surface area (Å²) in [5, 5.41) is 0.938. The van der Waals surface area contributed by atoms with Crippen molar-refractivity contribution in [3.8, 4) is 5.75 Å². The van der Waals surface area contributed by atoms with Crippen LogP contribution in [0.5, 0.6) is 5.75 Å². The van der Waals surface area contributed by atoms with Gasteiger partial charge in [-0.25, -0.2) is 9.52 Å². The molecule has 51 heavy (non-hydrogen) atoms. The van der Waals surface area contributed by atoms with E-state index in [1.54, 1.807) is 4.90 Å². The molecule has 0 unspecified atom stereocenters. The molecule has 2 amide bonds. The van der Waals surface area contributed by atoms with E-state index in [2.05, 4.69) is 27.5 Å². The van der Waals surface area contributed by atoms with E-state index in [-0.39, 0.29) is 35.4 Å². The highest BCUT2D eigenvalue weighted by atomic mass is 32.2. The molecular formula is C37H45N5O8S. The Morgan fingerprint density at radius 2 is 1.76 bits per heavy atom. The van der Waals surface area contributed by atoms with Gasteiger partial charge in [-0.05, 0) is 87.8 Å². The second-order valence-corrected chi connectivity index (χ2v) is 16.2. The second kappa shape index (κ2) is 13.5. The highest BCUT2D eigenvalue weighted by Crippen LogP contribution is 2.37. The number of aryl methyl sites for hydroxylation is 2. The van der Waals surface area contributed by atoms with Crippen molar-refractivity contribution < 1.29 is 31.9 Å². The van der Waals surface area contributed by atoms with Gasteiger partial charge in [-0.2, -0.15) is 12.7 Å². The molecule has 272 valence electrons. The van der Waals surface area contributed by atoms with Gasteiger partial charge in [0.2, 0.25) is 0 Å². The van der Waals surface area contributed by atoms with Gasteiger partial charge in [0, 0.05) is 68.0 Å². The lowest BCUT2D eigenvalue weighted by Crippen LogP contribution is -2.58. The Balaban J connectivity index is 1.04. The Morgan fingerprint density at radius 3 is 2.53 bits per heavy atom. The van der Waals surface area contributed by atoms with Crippen molar-refractivity contribution >= 4 is 38.7 Å². The minimum atomic E-state index is -4.00. The number of amides is 2. The maximum atomic E-state index is 13.9. The van der Waals surface area contributed by atoms with Gasteiger partial charge >= 0.3 is 15.8 Å². The number of morpholine rings is 1. The van der Waals surface area contributed by atoms with Crippen LogP contribution in [0.4, 0.5) is 5.69 Å². The maximum Gasteiger partial charge on any atom is 0.341 e. The lowest BCUT2D eigenvalue weighted by atomic mass is 9.92. The average molecular weight is 720 g/mol. The number of nitrogens with one attached hydrogen (secondary N) is 1. The Kier molecular flexibility index (Phi) is 9.06. The molecule has 1 aliphatic carbocycles. The molecule has 1 atom stereocenters. The zero-order valence-electron chi connectivity index (χ0n) is 29.2. The van der Waals surface area contributed by atoms with Crippen LogP contribution in [0.2, 0.25) is 0 Å². The second-order valence-electron chi connectivity index (χ2n) is 14.5. The fourth-order valence-corrected chi connectivity index (χ4v) is 9.39. The normalized spacial score (nSPS) is 21.6. The van der Waals surface area contributed by atoms with Crippen LogP contribution in [0.3, 0.4) is 0 Å². The molecule has 2 aromatic carbocycles. The number of benzene rings is 2. The monoisotopic (exact) mass is 719 g/mol. The standard InChI is InChI=1S/C37H45N5O8S/c1-23-18-31(40-15-14-39-16-17-48-22-26(39)20-40)24(2)34-33(23)28-10-13-41(21-30(28)37(45)50-34)36(44)25-8-9-29(32(19-25)49-27-6-5-7-27)35(43)38-51(46,47)42-11-3-4-12-42/h8-9,18-19,26-27H,3-7,10-17,20-22H2,1-2H3,(H,38,43)/t26-/m1/s1. The van der Waals surface area contributed by atoms with E-state index < -0.39 is 21.7 Å². The van der Waals surface area contributed by atoms with Crippen LogP contribution in [-0.4, -0.2) is 106 Å². The van der Waals surface area contributed by atoms with E-state index in [0.29, 0.717) is 43.2 Å². The van der Waals surface area contributed by atoms with Gasteiger partial charge in [0.1, 0.15) is 11.3 Å². The summed E-state index contributed by atoms with van der Waals surface area (Å²) in [5.41, 5.74) is 4.94. The molecule has 3 saturated heterocycles. The highest BCUT2D eigenvalue weighted by Gasteiger charge is 2.34. The Hall–Kier alpha value is -3.98. The first-order chi connectivity index (χ1) is 24.6. The third-order valence-electron chi connectivity index (χ3n) is 11.3. The van der Waals surface area contributed by atoms with Crippen LogP contribution in [0, 0.1) is 13.8 Å². The molecule has 14 heteroatoms. The van der Waals surface area contributed by atoms with E-state index in [0.717, 1.165) is 99.3 Å². The summed E-state index contributed by atoms with van der Waals surface area (Å²) in [7, 11) is -4.00. The molecular weight excluding hydrogens is 675 g/mol. The van der Waals surface area contributed by atoms with E-state index >= 15 is 0 Å². The van der Waals surface area contributed by atoms with Gasteiger partial charge in [-0.1, -0.05) is 0 Å². The number of hydrogen-bond acceptors (Lipinski definition) is 10. The van der Waals surface area contributed by atoms with Crippen molar-refractivity contribution in [3.63, 3.8) is 0 Å². The largest absolute Gasteiger partial charge is 0.490 e. The van der Waals surface area contributed by atoms with Gasteiger partial charge in [0.25, 0.3) is 11.8 Å². The van der Waals surface area contributed by atoms with Crippen LogP contribution < -0.4 is 20.0 Å². The Bertz CT molecular complexity index is 2060. The average Bonchev–Trinajstić information content (AvgIpc) is 3.67. The van der Waals surface area contributed by atoms with E-state index in [1.165, 1.54) is 22.5 Å². The topological polar surface area (TPSA) is 142 Å². The zero-order chi connectivity index (χ0) is 35.4. The summed E-state index contributed by atoms with van der Waals surface area (Å²) in [4.78, 5) is 47.3. The Labute approximate surface area is 297 Å². The molecule has 13 nitrogen and oxygen atoms in total. The molecule has 1 aromatic heterocycles. The van der Waals surface area contributed by atoms with Crippen LogP contribution in [0.25, 0.3) is 11.0 Å². The quantitative estimate of drug-likeness (QED) is 0.362. The fraction of sp³-hybridized carbons (Fsp3) is 0.541. The summed E-state index contributed by atoms with van der Waals surface area (Å²) in [6, 6.07) is 7.02. The third kappa shape index (κ3) is 6.40. The van der Waals surface area contributed by atoms with Crippen LogP contribution >= 0.6 is 0 Å². The molecule has 4 aliphatic heterocycles. The van der Waals surface area contributed by atoms with Crippen molar-refractivity contribution in [2.75, 3.05) is 63.9 Å². The van der Waals surface area contributed by atoms with Crippen LogP contribution in [0.1, 0.15) is 75.1 Å². The van der Waals surface area contributed by atoms with E-state index in [1.807, 2.05) is 6.92 Å². The molecule has 3 aromatic rings.